The fourth-order valence-electron chi connectivity index (χ4n) is 1.84. The maximum absolute atomic E-state index is 5.78. The SMILES string of the molecule is COc1ccc(N)cc1CN(C)C1CC1. The molecule has 0 spiro atoms. The third-order valence-electron chi connectivity index (χ3n) is 2.89. The van der Waals surface area contributed by atoms with Gasteiger partial charge in [-0.1, -0.05) is 0 Å². The largest absolute Gasteiger partial charge is 0.496 e. The van der Waals surface area contributed by atoms with Crippen LogP contribution in [0.3, 0.4) is 0 Å². The average molecular weight is 206 g/mol. The second-order valence-corrected chi connectivity index (χ2v) is 4.22. The first kappa shape index (κ1) is 10.3. The van der Waals surface area contributed by atoms with Crippen molar-refractivity contribution in [2.45, 2.75) is 25.4 Å². The molecule has 2 rings (SSSR count). The first-order chi connectivity index (χ1) is 7.20. The molecular formula is C12H18N2O. The molecule has 0 saturated heterocycles. The minimum absolute atomic E-state index is 0.760. The zero-order valence-electron chi connectivity index (χ0n) is 9.36. The molecule has 0 heterocycles. The number of nitrogens with two attached hydrogens (primary N) is 1. The highest BCUT2D eigenvalue weighted by Gasteiger charge is 2.26. The Labute approximate surface area is 90.8 Å². The molecule has 82 valence electrons. The first-order valence-electron chi connectivity index (χ1n) is 5.33. The predicted octanol–water partition coefficient (Wildman–Crippen LogP) is 1.87. The van der Waals surface area contributed by atoms with Crippen LogP contribution in [0.5, 0.6) is 5.75 Å². The molecule has 0 bridgehead atoms. The maximum Gasteiger partial charge on any atom is 0.123 e. The summed E-state index contributed by atoms with van der Waals surface area (Å²) in [5.74, 6) is 0.928. The molecule has 1 fully saturated rings. The van der Waals surface area contributed by atoms with Crippen molar-refractivity contribution < 1.29 is 4.74 Å². The van der Waals surface area contributed by atoms with E-state index in [0.717, 1.165) is 24.0 Å². The van der Waals surface area contributed by atoms with Crippen molar-refractivity contribution in [2.24, 2.45) is 0 Å². The highest BCUT2D eigenvalue weighted by atomic mass is 16.5. The molecule has 15 heavy (non-hydrogen) atoms. The Bertz CT molecular complexity index is 347. The number of nitrogens with zero attached hydrogens (tertiary/aromatic N) is 1. The number of rotatable bonds is 4. The van der Waals surface area contributed by atoms with Crippen molar-refractivity contribution in [3.63, 3.8) is 0 Å². The van der Waals surface area contributed by atoms with Gasteiger partial charge in [0, 0.05) is 23.8 Å². The molecule has 0 aromatic heterocycles. The Balaban J connectivity index is 2.13. The van der Waals surface area contributed by atoms with Gasteiger partial charge in [0.2, 0.25) is 0 Å². The minimum Gasteiger partial charge on any atom is -0.496 e. The lowest BCUT2D eigenvalue weighted by atomic mass is 10.1. The van der Waals surface area contributed by atoms with Crippen molar-refractivity contribution >= 4 is 5.69 Å². The maximum atomic E-state index is 5.78. The van der Waals surface area contributed by atoms with Crippen LogP contribution in [0, 0.1) is 0 Å². The molecule has 1 aliphatic carbocycles. The summed E-state index contributed by atoms with van der Waals surface area (Å²) < 4.78 is 5.32. The first-order valence-corrected chi connectivity index (χ1v) is 5.33. The van der Waals surface area contributed by atoms with Crippen molar-refractivity contribution in [2.75, 3.05) is 19.9 Å². The van der Waals surface area contributed by atoms with Gasteiger partial charge in [-0.3, -0.25) is 4.90 Å². The zero-order valence-corrected chi connectivity index (χ0v) is 9.36. The van der Waals surface area contributed by atoms with Crippen LogP contribution in [-0.2, 0) is 6.54 Å². The minimum atomic E-state index is 0.760. The number of benzene rings is 1. The fraction of sp³-hybridized carbons (Fsp3) is 0.500. The second-order valence-electron chi connectivity index (χ2n) is 4.22. The molecule has 0 atom stereocenters. The summed E-state index contributed by atoms with van der Waals surface area (Å²) in [5.41, 5.74) is 7.75. The number of hydrogen-bond acceptors (Lipinski definition) is 3. The van der Waals surface area contributed by atoms with Crippen LogP contribution in [0.1, 0.15) is 18.4 Å². The molecule has 0 radical (unpaired) electrons. The number of anilines is 1. The Morgan fingerprint density at radius 1 is 1.47 bits per heavy atom. The molecule has 3 heteroatoms. The Hall–Kier alpha value is -1.22. The third-order valence-corrected chi connectivity index (χ3v) is 2.89. The number of nitrogen functional groups attached to an aromatic ring is 1. The summed E-state index contributed by atoms with van der Waals surface area (Å²) in [5, 5.41) is 0. The molecule has 0 unspecified atom stereocenters. The molecule has 1 aromatic carbocycles. The summed E-state index contributed by atoms with van der Waals surface area (Å²) in [6.07, 6.45) is 2.64. The summed E-state index contributed by atoms with van der Waals surface area (Å²) in [6.45, 7) is 0.916. The number of ether oxygens (including phenoxy) is 1. The Morgan fingerprint density at radius 2 is 2.20 bits per heavy atom. The Morgan fingerprint density at radius 3 is 2.80 bits per heavy atom. The van der Waals surface area contributed by atoms with Crippen LogP contribution in [0.4, 0.5) is 5.69 Å². The lowest BCUT2D eigenvalue weighted by Gasteiger charge is -2.17. The fourth-order valence-corrected chi connectivity index (χ4v) is 1.84. The van der Waals surface area contributed by atoms with Crippen molar-refractivity contribution in [3.05, 3.63) is 23.8 Å². The normalized spacial score (nSPS) is 15.7. The summed E-state index contributed by atoms with van der Waals surface area (Å²) in [7, 11) is 3.85. The highest BCUT2D eigenvalue weighted by molar-refractivity contribution is 5.47. The van der Waals surface area contributed by atoms with Gasteiger partial charge in [0.25, 0.3) is 0 Å². The summed E-state index contributed by atoms with van der Waals surface area (Å²) in [4.78, 5) is 2.36. The van der Waals surface area contributed by atoms with Gasteiger partial charge in [-0.25, -0.2) is 0 Å². The highest BCUT2D eigenvalue weighted by Crippen LogP contribution is 2.29. The smallest absolute Gasteiger partial charge is 0.123 e. The molecule has 0 aliphatic heterocycles. The van der Waals surface area contributed by atoms with Crippen LogP contribution in [0.25, 0.3) is 0 Å². The van der Waals surface area contributed by atoms with Crippen LogP contribution in [0.15, 0.2) is 18.2 Å². The molecule has 1 saturated carbocycles. The number of hydrogen-bond donors (Lipinski definition) is 1. The van der Waals surface area contributed by atoms with Gasteiger partial charge < -0.3 is 10.5 Å². The van der Waals surface area contributed by atoms with E-state index in [0.29, 0.717) is 0 Å². The molecule has 3 nitrogen and oxygen atoms in total. The van der Waals surface area contributed by atoms with Crippen LogP contribution < -0.4 is 10.5 Å². The second kappa shape index (κ2) is 4.11. The van der Waals surface area contributed by atoms with Gasteiger partial charge in [-0.05, 0) is 38.1 Å². The van der Waals surface area contributed by atoms with E-state index < -0.39 is 0 Å². The molecular weight excluding hydrogens is 188 g/mol. The van der Waals surface area contributed by atoms with Gasteiger partial charge >= 0.3 is 0 Å². The average Bonchev–Trinajstić information content (AvgIpc) is 3.01. The van der Waals surface area contributed by atoms with Crippen molar-refractivity contribution in [1.82, 2.24) is 4.90 Å². The van der Waals surface area contributed by atoms with E-state index in [9.17, 15) is 0 Å². The van der Waals surface area contributed by atoms with E-state index >= 15 is 0 Å². The lowest BCUT2D eigenvalue weighted by molar-refractivity contribution is 0.308. The van der Waals surface area contributed by atoms with Crippen LogP contribution in [0.2, 0.25) is 0 Å². The molecule has 1 aromatic rings. The van der Waals surface area contributed by atoms with Crippen LogP contribution in [-0.4, -0.2) is 25.1 Å². The summed E-state index contributed by atoms with van der Waals surface area (Å²) in [6, 6.07) is 6.57. The quantitative estimate of drug-likeness (QED) is 0.764. The standard InChI is InChI=1S/C12H18N2O/c1-14(11-4-5-11)8-9-7-10(13)3-6-12(9)15-2/h3,6-7,11H,4-5,8,13H2,1-2H3. The number of methoxy groups -OCH3 is 1. The zero-order chi connectivity index (χ0) is 10.8. The van der Waals surface area contributed by atoms with E-state index in [1.54, 1.807) is 7.11 Å². The van der Waals surface area contributed by atoms with Crippen LogP contribution >= 0.6 is 0 Å². The molecule has 0 amide bonds. The van der Waals surface area contributed by atoms with E-state index in [4.69, 9.17) is 10.5 Å². The molecule has 1 aliphatic rings. The van der Waals surface area contributed by atoms with Gasteiger partial charge in [0.1, 0.15) is 5.75 Å². The van der Waals surface area contributed by atoms with Gasteiger partial charge in [0.05, 0.1) is 7.11 Å². The van der Waals surface area contributed by atoms with E-state index in [2.05, 4.69) is 11.9 Å². The van der Waals surface area contributed by atoms with E-state index in [1.165, 1.54) is 18.4 Å². The lowest BCUT2D eigenvalue weighted by Crippen LogP contribution is -2.20. The van der Waals surface area contributed by atoms with E-state index in [-0.39, 0.29) is 0 Å². The van der Waals surface area contributed by atoms with Crippen molar-refractivity contribution in [1.29, 1.82) is 0 Å². The van der Waals surface area contributed by atoms with Crippen molar-refractivity contribution in [3.8, 4) is 5.75 Å². The van der Waals surface area contributed by atoms with Gasteiger partial charge in [-0.15, -0.1) is 0 Å². The van der Waals surface area contributed by atoms with Gasteiger partial charge in [0.15, 0.2) is 0 Å². The Kier molecular flexibility index (Phi) is 2.82. The predicted molar refractivity (Wildman–Crippen MR) is 61.9 cm³/mol. The monoisotopic (exact) mass is 206 g/mol. The summed E-state index contributed by atoms with van der Waals surface area (Å²) >= 11 is 0. The third kappa shape index (κ3) is 2.42. The van der Waals surface area contributed by atoms with E-state index in [1.807, 2.05) is 18.2 Å². The molecule has 2 N–H and O–H groups in total. The van der Waals surface area contributed by atoms with Gasteiger partial charge in [-0.2, -0.15) is 0 Å². The topological polar surface area (TPSA) is 38.5 Å².